The highest BCUT2D eigenvalue weighted by Crippen LogP contribution is 2.22. The van der Waals surface area contributed by atoms with Gasteiger partial charge in [0.25, 0.3) is 0 Å². The van der Waals surface area contributed by atoms with E-state index < -0.39 is 5.97 Å². The molecule has 2 rings (SSSR count). The number of aromatic nitrogens is 3. The van der Waals surface area contributed by atoms with E-state index in [0.29, 0.717) is 5.75 Å². The molecule has 0 aliphatic heterocycles. The third kappa shape index (κ3) is 3.92. The van der Waals surface area contributed by atoms with Crippen LogP contribution in [0.4, 0.5) is 0 Å². The molecule has 1 aromatic heterocycles. The summed E-state index contributed by atoms with van der Waals surface area (Å²) in [6.07, 6.45) is 4.11. The molecule has 6 nitrogen and oxygen atoms in total. The molecule has 1 aromatic carbocycles. The van der Waals surface area contributed by atoms with Crippen LogP contribution in [0.1, 0.15) is 23.9 Å². The molecule has 2 aromatic rings. The maximum absolute atomic E-state index is 10.6. The van der Waals surface area contributed by atoms with Crippen LogP contribution in [0, 0.1) is 6.92 Å². The van der Waals surface area contributed by atoms with Gasteiger partial charge in [-0.1, -0.05) is 11.6 Å². The molecule has 0 fully saturated rings. The van der Waals surface area contributed by atoms with Gasteiger partial charge in [-0.2, -0.15) is 5.10 Å². The van der Waals surface area contributed by atoms with Crippen molar-refractivity contribution in [2.45, 2.75) is 27.0 Å². The summed E-state index contributed by atoms with van der Waals surface area (Å²) in [7, 11) is 0. The van der Waals surface area contributed by atoms with Gasteiger partial charge in [0.2, 0.25) is 0 Å². The lowest BCUT2D eigenvalue weighted by molar-refractivity contribution is -0.131. The van der Waals surface area contributed by atoms with Crippen molar-refractivity contribution in [1.82, 2.24) is 14.8 Å². The number of nitrogens with zero attached hydrogens (tertiary/aromatic N) is 3. The molecule has 0 radical (unpaired) electrons. The fourth-order valence-corrected chi connectivity index (χ4v) is 1.90. The van der Waals surface area contributed by atoms with E-state index in [-0.39, 0.29) is 6.61 Å². The summed E-state index contributed by atoms with van der Waals surface area (Å²) in [6.45, 7) is 4.92. The summed E-state index contributed by atoms with van der Waals surface area (Å²) < 4.78 is 7.49. The van der Waals surface area contributed by atoms with Crippen LogP contribution in [0.15, 0.2) is 30.6 Å². The minimum absolute atomic E-state index is 0.283. The summed E-state index contributed by atoms with van der Waals surface area (Å²) in [6, 6.07) is 5.61. The smallest absolute Gasteiger partial charge is 0.328 e. The van der Waals surface area contributed by atoms with Crippen LogP contribution in [0.3, 0.4) is 0 Å². The van der Waals surface area contributed by atoms with Crippen molar-refractivity contribution in [2.75, 3.05) is 0 Å². The van der Waals surface area contributed by atoms with E-state index in [9.17, 15) is 4.79 Å². The molecule has 0 bridgehead atoms. The molecule has 21 heavy (non-hydrogen) atoms. The van der Waals surface area contributed by atoms with Crippen LogP contribution in [0.5, 0.6) is 5.75 Å². The Kier molecular flexibility index (Phi) is 4.71. The molecule has 0 unspecified atom stereocenters. The zero-order valence-electron chi connectivity index (χ0n) is 12.0. The zero-order valence-corrected chi connectivity index (χ0v) is 12.0. The number of hydrogen-bond acceptors (Lipinski definition) is 4. The summed E-state index contributed by atoms with van der Waals surface area (Å²) in [5.74, 6) is 0.350. The van der Waals surface area contributed by atoms with Gasteiger partial charge in [-0.05, 0) is 32.1 Å². The number of ether oxygens (including phenoxy) is 1. The first-order chi connectivity index (χ1) is 10.1. The van der Waals surface area contributed by atoms with Crippen molar-refractivity contribution in [1.29, 1.82) is 0 Å². The molecule has 0 saturated carbocycles. The van der Waals surface area contributed by atoms with E-state index in [0.717, 1.165) is 29.6 Å². The average Bonchev–Trinajstić information content (AvgIpc) is 2.91. The van der Waals surface area contributed by atoms with Gasteiger partial charge in [0.05, 0.1) is 0 Å². The Labute approximate surface area is 122 Å². The Morgan fingerprint density at radius 2 is 2.29 bits per heavy atom. The molecule has 0 aliphatic carbocycles. The third-order valence-corrected chi connectivity index (χ3v) is 2.92. The summed E-state index contributed by atoms with van der Waals surface area (Å²) >= 11 is 0. The SMILES string of the molecule is CCn1ncnc1COc1ccc(C)cc1C=CC(=O)O. The van der Waals surface area contributed by atoms with Crippen molar-refractivity contribution in [3.05, 3.63) is 47.6 Å². The molecule has 0 saturated heterocycles. The van der Waals surface area contributed by atoms with Gasteiger partial charge < -0.3 is 9.84 Å². The van der Waals surface area contributed by atoms with Crippen LogP contribution in [-0.2, 0) is 17.9 Å². The predicted octanol–water partition coefficient (Wildman–Crippen LogP) is 2.28. The number of hydrogen-bond donors (Lipinski definition) is 1. The number of aryl methyl sites for hydroxylation is 2. The van der Waals surface area contributed by atoms with Crippen molar-refractivity contribution in [3.63, 3.8) is 0 Å². The van der Waals surface area contributed by atoms with E-state index >= 15 is 0 Å². The lowest BCUT2D eigenvalue weighted by Crippen LogP contribution is -2.07. The number of rotatable bonds is 6. The van der Waals surface area contributed by atoms with Crippen LogP contribution >= 0.6 is 0 Å². The second-order valence-corrected chi connectivity index (χ2v) is 4.49. The van der Waals surface area contributed by atoms with E-state index in [1.165, 1.54) is 12.4 Å². The molecule has 0 atom stereocenters. The van der Waals surface area contributed by atoms with Gasteiger partial charge in [-0.15, -0.1) is 0 Å². The number of benzene rings is 1. The first-order valence-corrected chi connectivity index (χ1v) is 6.61. The summed E-state index contributed by atoms with van der Waals surface area (Å²) in [4.78, 5) is 14.8. The average molecular weight is 287 g/mol. The fraction of sp³-hybridized carbons (Fsp3) is 0.267. The molecule has 1 heterocycles. The lowest BCUT2D eigenvalue weighted by Gasteiger charge is -2.10. The summed E-state index contributed by atoms with van der Waals surface area (Å²) in [5.41, 5.74) is 1.75. The predicted molar refractivity (Wildman–Crippen MR) is 77.9 cm³/mol. The highest BCUT2D eigenvalue weighted by Gasteiger charge is 2.06. The quantitative estimate of drug-likeness (QED) is 0.825. The summed E-state index contributed by atoms with van der Waals surface area (Å²) in [5, 5.41) is 12.8. The molecule has 0 aliphatic rings. The van der Waals surface area contributed by atoms with Gasteiger partial charge in [0, 0.05) is 18.2 Å². The fourth-order valence-electron chi connectivity index (χ4n) is 1.90. The largest absolute Gasteiger partial charge is 0.485 e. The molecule has 1 N–H and O–H groups in total. The second-order valence-electron chi connectivity index (χ2n) is 4.49. The monoisotopic (exact) mass is 287 g/mol. The Morgan fingerprint density at radius 1 is 1.48 bits per heavy atom. The van der Waals surface area contributed by atoms with Crippen LogP contribution < -0.4 is 4.74 Å². The molecule has 6 heteroatoms. The lowest BCUT2D eigenvalue weighted by atomic mass is 10.1. The number of carboxylic acids is 1. The second kappa shape index (κ2) is 6.69. The van der Waals surface area contributed by atoms with Crippen molar-refractivity contribution < 1.29 is 14.6 Å². The topological polar surface area (TPSA) is 77.2 Å². The van der Waals surface area contributed by atoms with Crippen LogP contribution in [0.25, 0.3) is 6.08 Å². The Morgan fingerprint density at radius 3 is 3.00 bits per heavy atom. The molecule has 0 amide bonds. The third-order valence-electron chi connectivity index (χ3n) is 2.92. The minimum Gasteiger partial charge on any atom is -0.485 e. The van der Waals surface area contributed by atoms with Crippen molar-refractivity contribution in [2.24, 2.45) is 0 Å². The number of carboxylic acid groups (broad SMARTS) is 1. The van der Waals surface area contributed by atoms with Gasteiger partial charge in [-0.3, -0.25) is 0 Å². The zero-order chi connectivity index (χ0) is 15.2. The molecule has 110 valence electrons. The number of carbonyl (C=O) groups is 1. The number of aliphatic carboxylic acids is 1. The van der Waals surface area contributed by atoms with E-state index in [2.05, 4.69) is 10.1 Å². The standard InChI is InChI=1S/C15H17N3O3/c1-3-18-14(16-10-17-18)9-21-13-6-4-11(2)8-12(13)5-7-15(19)20/h4-8,10H,3,9H2,1-2H3,(H,19,20). The molecular weight excluding hydrogens is 270 g/mol. The van der Waals surface area contributed by atoms with E-state index in [4.69, 9.17) is 9.84 Å². The van der Waals surface area contributed by atoms with E-state index in [1.807, 2.05) is 32.0 Å². The van der Waals surface area contributed by atoms with Gasteiger partial charge in [-0.25, -0.2) is 14.5 Å². The Bertz CT molecular complexity index is 662. The molecule has 0 spiro atoms. The highest BCUT2D eigenvalue weighted by molar-refractivity contribution is 5.85. The first-order valence-electron chi connectivity index (χ1n) is 6.61. The normalized spacial score (nSPS) is 11.0. The first kappa shape index (κ1) is 14.8. The molecular formula is C15H17N3O3. The Balaban J connectivity index is 2.17. The van der Waals surface area contributed by atoms with Crippen molar-refractivity contribution >= 4 is 12.0 Å². The van der Waals surface area contributed by atoms with Gasteiger partial charge in [0.1, 0.15) is 18.7 Å². The minimum atomic E-state index is -0.992. The van der Waals surface area contributed by atoms with Crippen LogP contribution in [-0.4, -0.2) is 25.8 Å². The maximum atomic E-state index is 10.6. The maximum Gasteiger partial charge on any atom is 0.328 e. The van der Waals surface area contributed by atoms with Crippen LogP contribution in [0.2, 0.25) is 0 Å². The van der Waals surface area contributed by atoms with Gasteiger partial charge in [0.15, 0.2) is 5.82 Å². The van der Waals surface area contributed by atoms with E-state index in [1.54, 1.807) is 4.68 Å². The van der Waals surface area contributed by atoms with Crippen molar-refractivity contribution in [3.8, 4) is 5.75 Å². The Hall–Kier alpha value is -2.63. The van der Waals surface area contributed by atoms with Gasteiger partial charge >= 0.3 is 5.97 Å². The highest BCUT2D eigenvalue weighted by atomic mass is 16.5.